The smallest absolute Gasteiger partial charge is 0.414 e. The van der Waals surface area contributed by atoms with Crippen molar-refractivity contribution in [1.82, 2.24) is 15.1 Å². The number of hydrogen-bond donors (Lipinski definition) is 2. The first-order valence-electron chi connectivity index (χ1n) is 7.78. The number of benzene rings is 1. The molecule has 0 radical (unpaired) electrons. The number of cyclic esters (lactones) is 1. The molecular formula is C17H17FN6O2. The van der Waals surface area contributed by atoms with Gasteiger partial charge in [-0.15, -0.1) is 0 Å². The van der Waals surface area contributed by atoms with Crippen LogP contribution < -0.4 is 16.0 Å². The molecule has 0 spiro atoms. The topological polar surface area (TPSA) is 97.8 Å². The van der Waals surface area contributed by atoms with Gasteiger partial charge in [-0.25, -0.2) is 9.18 Å². The monoisotopic (exact) mass is 356 g/mol. The Morgan fingerprint density at radius 1 is 1.58 bits per heavy atom. The number of halogens is 1. The summed E-state index contributed by atoms with van der Waals surface area (Å²) in [6.45, 7) is 0.495. The summed E-state index contributed by atoms with van der Waals surface area (Å²) in [7, 11) is 1.73. The Morgan fingerprint density at radius 2 is 2.38 bits per heavy atom. The number of ether oxygens (including phenoxy) is 1. The fraction of sp³-hybridized carbons (Fsp3) is 0.235. The molecule has 8 nitrogen and oxygen atoms in total. The van der Waals surface area contributed by atoms with Gasteiger partial charge in [0.2, 0.25) is 5.96 Å². The predicted octanol–water partition coefficient (Wildman–Crippen LogP) is 1.05. The molecule has 0 saturated carbocycles. The minimum Gasteiger partial charge on any atom is -0.442 e. The Morgan fingerprint density at radius 3 is 3.04 bits per heavy atom. The molecule has 1 aromatic carbocycles. The van der Waals surface area contributed by atoms with E-state index in [2.05, 4.69) is 15.4 Å². The Hall–Kier alpha value is -3.54. The van der Waals surface area contributed by atoms with E-state index < -0.39 is 18.0 Å². The number of guanidine groups is 1. The van der Waals surface area contributed by atoms with E-state index >= 15 is 0 Å². The highest BCUT2D eigenvalue weighted by Crippen LogP contribution is 2.28. The molecule has 134 valence electrons. The largest absolute Gasteiger partial charge is 0.442 e. The molecule has 1 aliphatic heterocycles. The average Bonchev–Trinajstić information content (AvgIpc) is 3.19. The van der Waals surface area contributed by atoms with E-state index in [-0.39, 0.29) is 19.0 Å². The lowest BCUT2D eigenvalue weighted by molar-refractivity contribution is 0.143. The number of nitrogens with two attached hydrogens (primary N) is 1. The van der Waals surface area contributed by atoms with Crippen LogP contribution in [0, 0.1) is 18.3 Å². The van der Waals surface area contributed by atoms with Crippen molar-refractivity contribution in [3.05, 3.63) is 36.3 Å². The summed E-state index contributed by atoms with van der Waals surface area (Å²) in [5.74, 6) is -0.389. The number of rotatable bonds is 4. The molecule has 9 heteroatoms. The summed E-state index contributed by atoms with van der Waals surface area (Å²) in [5.41, 5.74) is 6.97. The van der Waals surface area contributed by atoms with E-state index in [1.54, 1.807) is 36.1 Å². The van der Waals surface area contributed by atoms with Gasteiger partial charge in [-0.05, 0) is 24.3 Å². The summed E-state index contributed by atoms with van der Waals surface area (Å²) in [6, 6.07) is 8.33. The number of aliphatic imine (C=N–C) groups is 1. The number of aromatic nitrogens is 2. The molecule has 26 heavy (non-hydrogen) atoms. The highest BCUT2D eigenvalue weighted by Gasteiger charge is 2.32. The maximum atomic E-state index is 14.5. The summed E-state index contributed by atoms with van der Waals surface area (Å²) in [4.78, 5) is 17.0. The first kappa shape index (κ1) is 17.3. The van der Waals surface area contributed by atoms with Gasteiger partial charge >= 0.3 is 6.09 Å². The van der Waals surface area contributed by atoms with Gasteiger partial charge in [0.25, 0.3) is 0 Å². The van der Waals surface area contributed by atoms with Crippen molar-refractivity contribution in [3.63, 3.8) is 0 Å². The van der Waals surface area contributed by atoms with Crippen molar-refractivity contribution in [2.24, 2.45) is 17.8 Å². The predicted molar refractivity (Wildman–Crippen MR) is 94.7 cm³/mol. The molecule has 0 bridgehead atoms. The minimum absolute atomic E-state index is 0.0635. The van der Waals surface area contributed by atoms with Crippen LogP contribution >= 0.6 is 0 Å². The third-order valence-corrected chi connectivity index (χ3v) is 3.93. The Balaban J connectivity index is 1.72. The van der Waals surface area contributed by atoms with Crippen LogP contribution in [0.3, 0.4) is 0 Å². The van der Waals surface area contributed by atoms with Gasteiger partial charge in [-0.2, -0.15) is 10.1 Å². The lowest BCUT2D eigenvalue weighted by Crippen LogP contribution is -2.38. The summed E-state index contributed by atoms with van der Waals surface area (Å²) in [6.07, 6.45) is 5.58. The lowest BCUT2D eigenvalue weighted by atomic mass is 10.1. The number of terminal acetylenes is 1. The van der Waals surface area contributed by atoms with E-state index in [0.717, 1.165) is 0 Å². The second-order valence-corrected chi connectivity index (χ2v) is 5.63. The molecule has 1 amide bonds. The van der Waals surface area contributed by atoms with Crippen LogP contribution in [-0.4, -0.2) is 41.0 Å². The van der Waals surface area contributed by atoms with Crippen LogP contribution in [0.25, 0.3) is 11.3 Å². The normalized spacial score (nSPS) is 17.1. The van der Waals surface area contributed by atoms with Gasteiger partial charge in [-0.3, -0.25) is 9.58 Å². The Labute approximate surface area is 149 Å². The number of aryl methyl sites for hydroxylation is 1. The van der Waals surface area contributed by atoms with Gasteiger partial charge in [0.15, 0.2) is 0 Å². The molecule has 2 aromatic rings. The van der Waals surface area contributed by atoms with Crippen LogP contribution in [0.1, 0.15) is 0 Å². The van der Waals surface area contributed by atoms with Gasteiger partial charge in [0.05, 0.1) is 24.5 Å². The third kappa shape index (κ3) is 3.44. The standard InChI is InChI=1S/C17H17FN6O2/c1-3-20-16(19)21-9-12-10-24(17(25)26-12)11-4-5-13(14(18)8-11)15-6-7-22-23(15)2/h1,4-8,12H,9-10H2,2H3,(H3,19,20,21)/t12-/m0/s1. The van der Waals surface area contributed by atoms with Gasteiger partial charge in [-0.1, -0.05) is 6.42 Å². The second-order valence-electron chi connectivity index (χ2n) is 5.63. The second kappa shape index (κ2) is 7.14. The molecule has 1 aliphatic rings. The van der Waals surface area contributed by atoms with E-state index in [1.165, 1.54) is 11.0 Å². The van der Waals surface area contributed by atoms with Crippen LogP contribution in [0.5, 0.6) is 0 Å². The number of anilines is 1. The van der Waals surface area contributed by atoms with E-state index in [0.29, 0.717) is 16.9 Å². The van der Waals surface area contributed by atoms with Gasteiger partial charge in [0.1, 0.15) is 11.9 Å². The van der Waals surface area contributed by atoms with Crippen LogP contribution in [0.4, 0.5) is 14.9 Å². The van der Waals surface area contributed by atoms with Crippen LogP contribution in [0.2, 0.25) is 0 Å². The van der Waals surface area contributed by atoms with Gasteiger partial charge in [0, 0.05) is 24.9 Å². The molecule has 1 atom stereocenters. The molecule has 0 aliphatic carbocycles. The highest BCUT2D eigenvalue weighted by atomic mass is 19.1. The summed E-state index contributed by atoms with van der Waals surface area (Å²) < 4.78 is 21.3. The SMILES string of the molecule is C#CN=C(N)NC[C@H]1CN(c2ccc(-c3ccnn3C)c(F)c2)C(=O)O1. The fourth-order valence-corrected chi connectivity index (χ4v) is 2.68. The summed E-state index contributed by atoms with van der Waals surface area (Å²) in [5, 5.41) is 6.79. The molecular weight excluding hydrogens is 339 g/mol. The lowest BCUT2D eigenvalue weighted by Gasteiger charge is -2.14. The number of nitrogens with zero attached hydrogens (tertiary/aromatic N) is 4. The van der Waals surface area contributed by atoms with Crippen LogP contribution in [-0.2, 0) is 11.8 Å². The van der Waals surface area contributed by atoms with Crippen molar-refractivity contribution in [2.75, 3.05) is 18.0 Å². The Bertz CT molecular complexity index is 901. The molecule has 3 N–H and O–H groups in total. The number of carbonyl (C=O) groups is 1. The van der Waals surface area contributed by atoms with E-state index in [1.807, 2.05) is 6.04 Å². The molecule has 1 fully saturated rings. The Kier molecular flexibility index (Phi) is 4.75. The molecule has 0 unspecified atom stereocenters. The zero-order valence-corrected chi connectivity index (χ0v) is 14.0. The summed E-state index contributed by atoms with van der Waals surface area (Å²) >= 11 is 0. The number of nitrogens with one attached hydrogen (secondary N) is 1. The van der Waals surface area contributed by atoms with Crippen molar-refractivity contribution in [1.29, 1.82) is 0 Å². The van der Waals surface area contributed by atoms with E-state index in [9.17, 15) is 9.18 Å². The number of carbonyl (C=O) groups excluding carboxylic acids is 1. The first-order valence-corrected chi connectivity index (χ1v) is 7.78. The van der Waals surface area contributed by atoms with Gasteiger partial charge < -0.3 is 15.8 Å². The van der Waals surface area contributed by atoms with Crippen molar-refractivity contribution >= 4 is 17.7 Å². The fourth-order valence-electron chi connectivity index (χ4n) is 2.68. The molecule has 1 saturated heterocycles. The molecule has 3 rings (SSSR count). The minimum atomic E-state index is -0.558. The third-order valence-electron chi connectivity index (χ3n) is 3.93. The van der Waals surface area contributed by atoms with Crippen molar-refractivity contribution < 1.29 is 13.9 Å². The number of hydrogen-bond acceptors (Lipinski definition) is 4. The zero-order valence-electron chi connectivity index (χ0n) is 14.0. The quantitative estimate of drug-likeness (QED) is 0.485. The van der Waals surface area contributed by atoms with Crippen molar-refractivity contribution in [3.8, 4) is 23.7 Å². The average molecular weight is 356 g/mol. The van der Waals surface area contributed by atoms with E-state index in [4.69, 9.17) is 16.9 Å². The maximum absolute atomic E-state index is 14.5. The number of amides is 1. The zero-order chi connectivity index (χ0) is 18.7. The molecule has 2 heterocycles. The molecule has 1 aromatic heterocycles. The maximum Gasteiger partial charge on any atom is 0.414 e. The van der Waals surface area contributed by atoms with Crippen molar-refractivity contribution in [2.45, 2.75) is 6.10 Å². The van der Waals surface area contributed by atoms with Crippen LogP contribution in [0.15, 0.2) is 35.5 Å². The highest BCUT2D eigenvalue weighted by molar-refractivity contribution is 5.90. The first-order chi connectivity index (χ1) is 12.5.